The van der Waals surface area contributed by atoms with Crippen LogP contribution in [-0.4, -0.2) is 9.97 Å². The number of nitrogens with one attached hydrogen (secondary N) is 2. The first kappa shape index (κ1) is 15.3. The maximum absolute atomic E-state index is 5.49. The van der Waals surface area contributed by atoms with Gasteiger partial charge in [0, 0.05) is 18.0 Å². The van der Waals surface area contributed by atoms with Crippen molar-refractivity contribution >= 4 is 11.6 Å². The van der Waals surface area contributed by atoms with Crippen molar-refractivity contribution in [3.05, 3.63) is 47.3 Å². The summed E-state index contributed by atoms with van der Waals surface area (Å²) >= 11 is 0. The predicted octanol–water partition coefficient (Wildman–Crippen LogP) is 2.98. The van der Waals surface area contributed by atoms with Gasteiger partial charge in [-0.25, -0.2) is 15.8 Å². The van der Waals surface area contributed by atoms with E-state index >= 15 is 0 Å². The summed E-state index contributed by atoms with van der Waals surface area (Å²) in [5.74, 6) is 7.62. The zero-order chi connectivity index (χ0) is 15.5. The summed E-state index contributed by atoms with van der Waals surface area (Å²) in [6, 6.07) is 10.2. The molecule has 1 aromatic carbocycles. The molecule has 0 aliphatic heterocycles. The molecule has 0 atom stereocenters. The van der Waals surface area contributed by atoms with Gasteiger partial charge in [0.15, 0.2) is 0 Å². The number of anilines is 2. The largest absolute Gasteiger partial charge is 0.366 e. The van der Waals surface area contributed by atoms with Crippen molar-refractivity contribution in [1.82, 2.24) is 9.97 Å². The standard InChI is InChI=1S/C16H23N5/c1-11-6-5-7-12(8-11)10-18-13-9-14(21-17)20-15(19-13)16(2,3)4/h5-9H,10,17H2,1-4H3,(H2,18,19,20,21). The van der Waals surface area contributed by atoms with Crippen LogP contribution in [-0.2, 0) is 12.0 Å². The fraction of sp³-hybridized carbons (Fsp3) is 0.375. The summed E-state index contributed by atoms with van der Waals surface area (Å²) < 4.78 is 0. The van der Waals surface area contributed by atoms with Crippen molar-refractivity contribution < 1.29 is 0 Å². The van der Waals surface area contributed by atoms with Crippen molar-refractivity contribution in [1.29, 1.82) is 0 Å². The van der Waals surface area contributed by atoms with E-state index in [0.29, 0.717) is 12.4 Å². The quantitative estimate of drug-likeness (QED) is 0.595. The molecule has 0 amide bonds. The van der Waals surface area contributed by atoms with Gasteiger partial charge in [-0.1, -0.05) is 50.6 Å². The minimum Gasteiger partial charge on any atom is -0.366 e. The number of hydrogen-bond donors (Lipinski definition) is 3. The Morgan fingerprint density at radius 2 is 1.81 bits per heavy atom. The van der Waals surface area contributed by atoms with Crippen LogP contribution in [0.5, 0.6) is 0 Å². The van der Waals surface area contributed by atoms with E-state index < -0.39 is 0 Å². The Kier molecular flexibility index (Phi) is 4.43. The summed E-state index contributed by atoms with van der Waals surface area (Å²) in [7, 11) is 0. The van der Waals surface area contributed by atoms with Gasteiger partial charge in [0.25, 0.3) is 0 Å². The Hall–Kier alpha value is -2.14. The lowest BCUT2D eigenvalue weighted by Gasteiger charge is -2.18. The minimum atomic E-state index is -0.132. The number of benzene rings is 1. The first-order chi connectivity index (χ1) is 9.88. The second kappa shape index (κ2) is 6.10. The van der Waals surface area contributed by atoms with Crippen LogP contribution < -0.4 is 16.6 Å². The molecule has 112 valence electrons. The van der Waals surface area contributed by atoms with Crippen LogP contribution in [0.15, 0.2) is 30.3 Å². The van der Waals surface area contributed by atoms with Crippen molar-refractivity contribution in [3.63, 3.8) is 0 Å². The third-order valence-electron chi connectivity index (χ3n) is 3.10. The van der Waals surface area contributed by atoms with Crippen molar-refractivity contribution in [2.24, 2.45) is 5.84 Å². The Labute approximate surface area is 126 Å². The molecule has 1 heterocycles. The van der Waals surface area contributed by atoms with Crippen molar-refractivity contribution in [2.45, 2.75) is 39.7 Å². The molecule has 0 bridgehead atoms. The average Bonchev–Trinajstić information content (AvgIpc) is 2.44. The van der Waals surface area contributed by atoms with E-state index in [1.165, 1.54) is 11.1 Å². The molecule has 2 rings (SSSR count). The molecule has 21 heavy (non-hydrogen) atoms. The highest BCUT2D eigenvalue weighted by Gasteiger charge is 2.19. The molecule has 0 aliphatic rings. The minimum absolute atomic E-state index is 0.132. The number of hydrazine groups is 1. The van der Waals surface area contributed by atoms with Gasteiger partial charge in [0.2, 0.25) is 0 Å². The first-order valence-electron chi connectivity index (χ1n) is 7.04. The predicted molar refractivity (Wildman–Crippen MR) is 87.0 cm³/mol. The Bertz CT molecular complexity index is 616. The Morgan fingerprint density at radius 3 is 2.43 bits per heavy atom. The van der Waals surface area contributed by atoms with Gasteiger partial charge in [0.1, 0.15) is 17.5 Å². The molecule has 5 nitrogen and oxygen atoms in total. The lowest BCUT2D eigenvalue weighted by Crippen LogP contribution is -2.20. The summed E-state index contributed by atoms with van der Waals surface area (Å²) in [6.45, 7) is 9.03. The molecular formula is C16H23N5. The molecule has 0 unspecified atom stereocenters. The van der Waals surface area contributed by atoms with E-state index in [9.17, 15) is 0 Å². The summed E-state index contributed by atoms with van der Waals surface area (Å²) in [5, 5.41) is 3.33. The third kappa shape index (κ3) is 4.16. The number of nitrogens with zero attached hydrogens (tertiary/aromatic N) is 2. The van der Waals surface area contributed by atoms with Gasteiger partial charge >= 0.3 is 0 Å². The first-order valence-corrected chi connectivity index (χ1v) is 7.04. The summed E-state index contributed by atoms with van der Waals surface area (Å²) in [4.78, 5) is 8.98. The second-order valence-electron chi connectivity index (χ2n) is 6.20. The molecule has 1 aromatic heterocycles. The fourth-order valence-electron chi connectivity index (χ4n) is 1.96. The van der Waals surface area contributed by atoms with E-state index in [1.807, 2.05) is 6.07 Å². The number of hydrogen-bond acceptors (Lipinski definition) is 5. The highest BCUT2D eigenvalue weighted by atomic mass is 15.3. The number of nitrogen functional groups attached to an aromatic ring is 1. The molecule has 0 spiro atoms. The van der Waals surface area contributed by atoms with E-state index in [4.69, 9.17) is 5.84 Å². The molecule has 0 saturated heterocycles. The summed E-state index contributed by atoms with van der Waals surface area (Å²) in [5.41, 5.74) is 4.93. The molecule has 0 aliphatic carbocycles. The average molecular weight is 285 g/mol. The number of aromatic nitrogens is 2. The van der Waals surface area contributed by atoms with Gasteiger partial charge < -0.3 is 10.7 Å². The zero-order valence-electron chi connectivity index (χ0n) is 13.1. The SMILES string of the molecule is Cc1cccc(CNc2cc(NN)nc(C(C)(C)C)n2)c1. The number of nitrogens with two attached hydrogens (primary N) is 1. The van der Waals surface area contributed by atoms with Crippen molar-refractivity contribution in [2.75, 3.05) is 10.7 Å². The lowest BCUT2D eigenvalue weighted by atomic mass is 9.96. The van der Waals surface area contributed by atoms with Crippen molar-refractivity contribution in [3.8, 4) is 0 Å². The van der Waals surface area contributed by atoms with Gasteiger partial charge in [-0.05, 0) is 12.5 Å². The molecule has 0 fully saturated rings. The van der Waals surface area contributed by atoms with Gasteiger partial charge in [-0.15, -0.1) is 0 Å². The fourth-order valence-corrected chi connectivity index (χ4v) is 1.96. The van der Waals surface area contributed by atoms with Crippen LogP contribution >= 0.6 is 0 Å². The van der Waals surface area contributed by atoms with E-state index in [0.717, 1.165) is 11.6 Å². The highest BCUT2D eigenvalue weighted by Crippen LogP contribution is 2.22. The molecule has 2 aromatic rings. The van der Waals surface area contributed by atoms with Crippen LogP contribution in [0, 0.1) is 6.92 Å². The normalized spacial score (nSPS) is 11.3. The number of rotatable bonds is 4. The number of aryl methyl sites for hydroxylation is 1. The zero-order valence-corrected chi connectivity index (χ0v) is 13.1. The lowest BCUT2D eigenvalue weighted by molar-refractivity contribution is 0.546. The van der Waals surface area contributed by atoms with Gasteiger partial charge in [0.05, 0.1) is 0 Å². The van der Waals surface area contributed by atoms with E-state index in [-0.39, 0.29) is 5.41 Å². The van der Waals surface area contributed by atoms with Gasteiger partial charge in [-0.2, -0.15) is 0 Å². The molecular weight excluding hydrogens is 262 g/mol. The van der Waals surface area contributed by atoms with Crippen LogP contribution in [0.25, 0.3) is 0 Å². The van der Waals surface area contributed by atoms with Crippen LogP contribution in [0.3, 0.4) is 0 Å². The second-order valence-corrected chi connectivity index (χ2v) is 6.20. The Morgan fingerprint density at radius 1 is 1.10 bits per heavy atom. The maximum atomic E-state index is 5.49. The highest BCUT2D eigenvalue weighted by molar-refractivity contribution is 5.48. The molecule has 0 saturated carbocycles. The molecule has 5 heteroatoms. The maximum Gasteiger partial charge on any atom is 0.145 e. The molecule has 0 radical (unpaired) electrons. The van der Waals surface area contributed by atoms with Crippen LogP contribution in [0.1, 0.15) is 37.7 Å². The smallest absolute Gasteiger partial charge is 0.145 e. The van der Waals surface area contributed by atoms with Crippen LogP contribution in [0.4, 0.5) is 11.6 Å². The van der Waals surface area contributed by atoms with Crippen LogP contribution in [0.2, 0.25) is 0 Å². The molecule has 4 N–H and O–H groups in total. The Balaban J connectivity index is 2.19. The van der Waals surface area contributed by atoms with E-state index in [2.05, 4.69) is 72.7 Å². The monoisotopic (exact) mass is 285 g/mol. The topological polar surface area (TPSA) is 75.9 Å². The van der Waals surface area contributed by atoms with E-state index in [1.54, 1.807) is 0 Å². The van der Waals surface area contributed by atoms with Gasteiger partial charge in [-0.3, -0.25) is 0 Å². The third-order valence-corrected chi connectivity index (χ3v) is 3.10. The summed E-state index contributed by atoms with van der Waals surface area (Å²) in [6.07, 6.45) is 0.